The Balaban J connectivity index is 3.85. The minimum absolute atomic E-state index is 0.199. The number of carbonyl (C=O) groups excluding carboxylic acids is 2. The molecule has 0 spiro atoms. The third-order valence-corrected chi connectivity index (χ3v) is 11.0. The average molecular weight is 793 g/mol. The quantitative estimate of drug-likeness (QED) is 0.0309. The molecule has 0 radical (unpaired) electrons. The Kier molecular flexibility index (Phi) is 39.4. The van der Waals surface area contributed by atoms with Crippen molar-refractivity contribution in [2.24, 2.45) is 0 Å². The second-order valence-corrected chi connectivity index (χ2v) is 16.9. The molecule has 3 unspecified atom stereocenters. The molecule has 0 rings (SSSR count). The first kappa shape index (κ1) is 53.0. The lowest BCUT2D eigenvalue weighted by atomic mass is 10.0. The van der Waals surface area contributed by atoms with Gasteiger partial charge in [0.15, 0.2) is 0 Å². The second kappa shape index (κ2) is 40.2. The summed E-state index contributed by atoms with van der Waals surface area (Å²) in [6.07, 6.45) is 36.4. The van der Waals surface area contributed by atoms with Crippen LogP contribution in [0.2, 0.25) is 0 Å². The molecule has 3 atom stereocenters. The molecule has 54 heavy (non-hydrogen) atoms. The van der Waals surface area contributed by atoms with E-state index in [1.54, 1.807) is 0 Å². The number of aliphatic hydroxyl groups is 2. The van der Waals surface area contributed by atoms with E-state index in [-0.39, 0.29) is 12.8 Å². The molecule has 0 fully saturated rings. The van der Waals surface area contributed by atoms with Crippen LogP contribution in [-0.2, 0) is 32.7 Å². The smallest absolute Gasteiger partial charge is 0.457 e. The van der Waals surface area contributed by atoms with Gasteiger partial charge in [-0.1, -0.05) is 200 Å². The zero-order valence-electron chi connectivity index (χ0n) is 35.0. The van der Waals surface area contributed by atoms with Crippen LogP contribution in [-0.4, -0.2) is 65.7 Å². The summed E-state index contributed by atoms with van der Waals surface area (Å²) in [4.78, 5) is 34.5. The highest BCUT2D eigenvalue weighted by Crippen LogP contribution is 2.43. The van der Waals surface area contributed by atoms with Gasteiger partial charge >= 0.3 is 19.8 Å². The predicted octanol–water partition coefficient (Wildman–Crippen LogP) is 11.8. The van der Waals surface area contributed by atoms with Gasteiger partial charge in [-0.3, -0.25) is 18.6 Å². The lowest BCUT2D eigenvalue weighted by molar-refractivity contribution is -0.153. The lowest BCUT2D eigenvalue weighted by Crippen LogP contribution is -2.28. The molecule has 11 heteroatoms. The van der Waals surface area contributed by atoms with Crippen molar-refractivity contribution in [3.8, 4) is 0 Å². The highest BCUT2D eigenvalue weighted by atomic mass is 31.2. The molecule has 0 aromatic heterocycles. The molecule has 0 saturated carbocycles. The molecule has 10 nitrogen and oxygen atoms in total. The van der Waals surface area contributed by atoms with Crippen molar-refractivity contribution >= 4 is 19.8 Å². The molecule has 0 amide bonds. The number of hydrogen-bond donors (Lipinski definition) is 3. The van der Waals surface area contributed by atoms with E-state index in [4.69, 9.17) is 18.5 Å². The van der Waals surface area contributed by atoms with E-state index in [1.165, 1.54) is 148 Å². The normalized spacial score (nSPS) is 13.8. The van der Waals surface area contributed by atoms with Crippen molar-refractivity contribution in [3.63, 3.8) is 0 Å². The van der Waals surface area contributed by atoms with Crippen LogP contribution in [0.15, 0.2) is 0 Å². The van der Waals surface area contributed by atoms with E-state index in [0.717, 1.165) is 38.5 Å². The van der Waals surface area contributed by atoms with Crippen molar-refractivity contribution in [2.45, 2.75) is 238 Å². The van der Waals surface area contributed by atoms with E-state index >= 15 is 0 Å². The summed E-state index contributed by atoms with van der Waals surface area (Å²) < 4.78 is 32.6. The lowest BCUT2D eigenvalue weighted by Gasteiger charge is -2.20. The van der Waals surface area contributed by atoms with Crippen molar-refractivity contribution in [1.29, 1.82) is 0 Å². The summed E-state index contributed by atoms with van der Waals surface area (Å²) in [5, 5.41) is 19.2. The number of carbonyl (C=O) groups is 2. The highest BCUT2D eigenvalue weighted by molar-refractivity contribution is 7.47. The van der Waals surface area contributed by atoms with Crippen molar-refractivity contribution in [2.75, 3.05) is 26.4 Å². The number of ether oxygens (including phenoxy) is 2. The monoisotopic (exact) mass is 793 g/mol. The Morgan fingerprint density at radius 3 is 0.870 bits per heavy atom. The van der Waals surface area contributed by atoms with E-state index in [9.17, 15) is 29.3 Å². The Bertz CT molecular complexity index is 873. The van der Waals surface area contributed by atoms with Gasteiger partial charge in [0.2, 0.25) is 0 Å². The Hall–Kier alpha value is -1.03. The molecule has 0 heterocycles. The van der Waals surface area contributed by atoms with Crippen LogP contribution in [0.25, 0.3) is 0 Å². The molecule has 322 valence electrons. The van der Waals surface area contributed by atoms with E-state index in [2.05, 4.69) is 13.8 Å². The molecule has 0 bridgehead atoms. The number of hydrogen-bond acceptors (Lipinski definition) is 9. The third kappa shape index (κ3) is 37.9. The summed E-state index contributed by atoms with van der Waals surface area (Å²) in [5.74, 6) is -1.00. The van der Waals surface area contributed by atoms with Crippen LogP contribution < -0.4 is 0 Å². The number of aliphatic hydroxyl groups excluding tert-OH is 2. The molecule has 3 N–H and O–H groups in total. The maximum absolute atomic E-state index is 12.4. The van der Waals surface area contributed by atoms with E-state index in [0.29, 0.717) is 12.8 Å². The molecular formula is C43H85O10P. The number of unbranched alkanes of at least 4 members (excludes halogenated alkanes) is 29. The van der Waals surface area contributed by atoms with Gasteiger partial charge in [0.25, 0.3) is 0 Å². The standard InChI is InChI=1S/C43H85O10P/c1-3-5-7-9-11-13-15-17-18-19-20-21-23-25-27-29-31-33-35-43(47)53-41(37-45)39-51-54(48,49)50-38-40(36-44)52-42(46)34-32-30-28-26-24-22-16-14-12-10-8-6-4-2/h40-41,44-45H,3-39H2,1-2H3,(H,48,49). The summed E-state index contributed by atoms with van der Waals surface area (Å²) in [6, 6.07) is 0. The fourth-order valence-electron chi connectivity index (χ4n) is 6.59. The van der Waals surface area contributed by atoms with Crippen LogP contribution in [0, 0.1) is 0 Å². The number of esters is 2. The first-order valence-corrected chi connectivity index (χ1v) is 24.0. The Morgan fingerprint density at radius 2 is 0.648 bits per heavy atom. The zero-order chi connectivity index (χ0) is 39.8. The second-order valence-electron chi connectivity index (χ2n) is 15.4. The van der Waals surface area contributed by atoms with Crippen LogP contribution in [0.4, 0.5) is 0 Å². The zero-order valence-corrected chi connectivity index (χ0v) is 35.9. The van der Waals surface area contributed by atoms with Gasteiger partial charge in [-0.15, -0.1) is 0 Å². The maximum Gasteiger partial charge on any atom is 0.472 e. The van der Waals surface area contributed by atoms with Crippen molar-refractivity contribution in [1.82, 2.24) is 0 Å². The van der Waals surface area contributed by atoms with E-state index in [1.807, 2.05) is 0 Å². The van der Waals surface area contributed by atoms with Gasteiger partial charge in [0, 0.05) is 12.8 Å². The van der Waals surface area contributed by atoms with Crippen LogP contribution in [0.3, 0.4) is 0 Å². The van der Waals surface area contributed by atoms with E-state index < -0.39 is 58.4 Å². The van der Waals surface area contributed by atoms with Gasteiger partial charge in [-0.05, 0) is 12.8 Å². The summed E-state index contributed by atoms with van der Waals surface area (Å²) >= 11 is 0. The third-order valence-electron chi connectivity index (χ3n) is 10.1. The van der Waals surface area contributed by atoms with Gasteiger partial charge in [-0.2, -0.15) is 0 Å². The summed E-state index contributed by atoms with van der Waals surface area (Å²) in [5.41, 5.74) is 0. The van der Waals surface area contributed by atoms with Crippen molar-refractivity contribution < 1.29 is 47.8 Å². The first-order valence-electron chi connectivity index (χ1n) is 22.5. The molecule has 0 aliphatic heterocycles. The molecule has 0 aromatic rings. The molecule has 0 aliphatic rings. The van der Waals surface area contributed by atoms with Crippen LogP contribution >= 0.6 is 7.82 Å². The van der Waals surface area contributed by atoms with Gasteiger partial charge in [0.1, 0.15) is 12.2 Å². The largest absolute Gasteiger partial charge is 0.472 e. The molecule has 0 saturated heterocycles. The maximum atomic E-state index is 12.4. The minimum atomic E-state index is -4.63. The van der Waals surface area contributed by atoms with Crippen LogP contribution in [0.1, 0.15) is 226 Å². The number of rotatable bonds is 43. The summed E-state index contributed by atoms with van der Waals surface area (Å²) in [7, 11) is -4.63. The van der Waals surface area contributed by atoms with Gasteiger partial charge < -0.3 is 24.6 Å². The Labute approximate surface area is 331 Å². The number of phosphoric ester groups is 1. The fraction of sp³-hybridized carbons (Fsp3) is 0.953. The molecule has 0 aliphatic carbocycles. The predicted molar refractivity (Wildman–Crippen MR) is 219 cm³/mol. The topological polar surface area (TPSA) is 149 Å². The van der Waals surface area contributed by atoms with Crippen LogP contribution in [0.5, 0.6) is 0 Å². The minimum Gasteiger partial charge on any atom is -0.457 e. The Morgan fingerprint density at radius 1 is 0.426 bits per heavy atom. The first-order chi connectivity index (χ1) is 26.3. The number of phosphoric acid groups is 1. The van der Waals surface area contributed by atoms with Gasteiger partial charge in [-0.25, -0.2) is 4.57 Å². The molecular weight excluding hydrogens is 707 g/mol. The highest BCUT2D eigenvalue weighted by Gasteiger charge is 2.27. The SMILES string of the molecule is CCCCCCCCCCCCCCCCCCCCC(=O)OC(CO)COP(=O)(O)OCC(CO)OC(=O)CCCCCCCCCCCCCCC. The summed E-state index contributed by atoms with van der Waals surface area (Å²) in [6.45, 7) is 2.25. The van der Waals surface area contributed by atoms with Crippen molar-refractivity contribution in [3.05, 3.63) is 0 Å². The average Bonchev–Trinajstić information content (AvgIpc) is 3.16. The van der Waals surface area contributed by atoms with Gasteiger partial charge in [0.05, 0.1) is 26.4 Å². The fourth-order valence-corrected chi connectivity index (χ4v) is 7.37. The molecule has 0 aromatic carbocycles.